The van der Waals surface area contributed by atoms with Crippen LogP contribution in [-0.2, 0) is 4.79 Å². The number of halogens is 1. The van der Waals surface area contributed by atoms with Gasteiger partial charge in [0.05, 0.1) is 21.9 Å². The van der Waals surface area contributed by atoms with E-state index in [0.717, 1.165) is 29.9 Å². The Morgan fingerprint density at radius 1 is 1.23 bits per heavy atom. The van der Waals surface area contributed by atoms with E-state index in [9.17, 15) is 9.18 Å². The van der Waals surface area contributed by atoms with Crippen molar-refractivity contribution in [1.82, 2.24) is 9.88 Å². The molecule has 2 heterocycles. The summed E-state index contributed by atoms with van der Waals surface area (Å²) in [4.78, 5) is 19.3. The van der Waals surface area contributed by atoms with E-state index in [4.69, 9.17) is 4.98 Å². The minimum atomic E-state index is -0.408. The monoisotopic (exact) mass is 369 g/mol. The number of para-hydroxylation sites is 2. The third kappa shape index (κ3) is 3.61. The number of carbonyl (C=O) groups excluding carboxylic acids is 1. The fourth-order valence-electron chi connectivity index (χ4n) is 3.43. The minimum Gasteiger partial charge on any atom is -0.324 e. The van der Waals surface area contributed by atoms with E-state index in [1.807, 2.05) is 18.2 Å². The third-order valence-electron chi connectivity index (χ3n) is 4.73. The maximum Gasteiger partial charge on any atom is 0.225 e. The van der Waals surface area contributed by atoms with Crippen molar-refractivity contribution in [2.75, 3.05) is 18.4 Å². The van der Waals surface area contributed by atoms with E-state index in [2.05, 4.69) is 16.3 Å². The summed E-state index contributed by atoms with van der Waals surface area (Å²) in [6.45, 7) is 1.62. The SMILES string of the molecule is O=C(CCN1CCCC1c1nc2ccccc2s1)Nc1ccccc1F. The molecule has 4 nitrogen and oxygen atoms in total. The van der Waals surface area contributed by atoms with E-state index in [1.54, 1.807) is 29.5 Å². The van der Waals surface area contributed by atoms with Crippen LogP contribution in [0.15, 0.2) is 48.5 Å². The predicted molar refractivity (Wildman–Crippen MR) is 103 cm³/mol. The van der Waals surface area contributed by atoms with Gasteiger partial charge in [0.15, 0.2) is 0 Å². The van der Waals surface area contributed by atoms with Crippen LogP contribution in [0, 0.1) is 5.82 Å². The number of carbonyl (C=O) groups is 1. The Hall–Kier alpha value is -2.31. The van der Waals surface area contributed by atoms with Gasteiger partial charge in [-0.25, -0.2) is 9.37 Å². The van der Waals surface area contributed by atoms with Crippen molar-refractivity contribution >= 4 is 33.1 Å². The van der Waals surface area contributed by atoms with Crippen LogP contribution < -0.4 is 5.32 Å². The quantitative estimate of drug-likeness (QED) is 0.715. The fourth-order valence-corrected chi connectivity index (χ4v) is 4.56. The molecule has 1 fully saturated rings. The van der Waals surface area contributed by atoms with Gasteiger partial charge in [-0.2, -0.15) is 0 Å². The summed E-state index contributed by atoms with van der Waals surface area (Å²) >= 11 is 1.73. The predicted octanol–water partition coefficient (Wildman–Crippen LogP) is 4.60. The smallest absolute Gasteiger partial charge is 0.225 e. The van der Waals surface area contributed by atoms with Crippen LogP contribution in [0.2, 0.25) is 0 Å². The van der Waals surface area contributed by atoms with Gasteiger partial charge in [-0.15, -0.1) is 11.3 Å². The molecule has 0 radical (unpaired) electrons. The van der Waals surface area contributed by atoms with Crippen molar-refractivity contribution in [2.45, 2.75) is 25.3 Å². The molecule has 1 aromatic heterocycles. The standard InChI is InChI=1S/C20H20FN3OS/c21-14-6-1-2-7-15(14)22-19(25)11-13-24-12-5-9-17(24)20-23-16-8-3-4-10-18(16)26-20/h1-4,6-8,10,17H,5,9,11-13H2,(H,22,25). The van der Waals surface area contributed by atoms with Crippen LogP contribution in [0.1, 0.15) is 30.3 Å². The first-order valence-corrected chi connectivity index (χ1v) is 9.66. The highest BCUT2D eigenvalue weighted by atomic mass is 32.1. The Morgan fingerprint density at radius 3 is 2.88 bits per heavy atom. The summed E-state index contributed by atoms with van der Waals surface area (Å²) in [5.41, 5.74) is 1.28. The molecule has 1 unspecified atom stereocenters. The molecule has 1 aliphatic rings. The van der Waals surface area contributed by atoms with Gasteiger partial charge in [0.25, 0.3) is 0 Å². The summed E-state index contributed by atoms with van der Waals surface area (Å²) in [6.07, 6.45) is 2.51. The second-order valence-electron chi connectivity index (χ2n) is 6.49. The average Bonchev–Trinajstić information content (AvgIpc) is 3.28. The Kier molecular flexibility index (Phi) is 4.95. The molecule has 4 rings (SSSR count). The summed E-state index contributed by atoms with van der Waals surface area (Å²) in [6, 6.07) is 14.7. The number of amides is 1. The number of fused-ring (bicyclic) bond motifs is 1. The molecule has 134 valence electrons. The van der Waals surface area contributed by atoms with Gasteiger partial charge in [-0.3, -0.25) is 9.69 Å². The highest BCUT2D eigenvalue weighted by Gasteiger charge is 2.28. The molecule has 1 amide bonds. The number of benzene rings is 2. The Morgan fingerprint density at radius 2 is 2.04 bits per heavy atom. The topological polar surface area (TPSA) is 45.2 Å². The molecule has 0 spiro atoms. The van der Waals surface area contributed by atoms with Crippen LogP contribution in [0.4, 0.5) is 10.1 Å². The lowest BCUT2D eigenvalue weighted by atomic mass is 10.2. The molecular weight excluding hydrogens is 349 g/mol. The van der Waals surface area contributed by atoms with Crippen molar-refractivity contribution in [1.29, 1.82) is 0 Å². The van der Waals surface area contributed by atoms with E-state index in [-0.39, 0.29) is 17.6 Å². The lowest BCUT2D eigenvalue weighted by Crippen LogP contribution is -2.27. The lowest BCUT2D eigenvalue weighted by Gasteiger charge is -2.22. The van der Waals surface area contributed by atoms with E-state index < -0.39 is 5.82 Å². The fraction of sp³-hybridized carbons (Fsp3) is 0.300. The number of nitrogens with zero attached hydrogens (tertiary/aromatic N) is 2. The Balaban J connectivity index is 1.39. The summed E-state index contributed by atoms with van der Waals surface area (Å²) in [5, 5.41) is 3.78. The van der Waals surface area contributed by atoms with Gasteiger partial charge in [0.2, 0.25) is 5.91 Å². The minimum absolute atomic E-state index is 0.162. The van der Waals surface area contributed by atoms with Crippen LogP contribution in [0.3, 0.4) is 0 Å². The Labute approximate surface area is 155 Å². The zero-order chi connectivity index (χ0) is 17.9. The first kappa shape index (κ1) is 17.1. The third-order valence-corrected chi connectivity index (χ3v) is 5.87. The van der Waals surface area contributed by atoms with Gasteiger partial charge in [0, 0.05) is 13.0 Å². The molecule has 1 aliphatic heterocycles. The molecule has 0 aliphatic carbocycles. The molecule has 2 aromatic carbocycles. The van der Waals surface area contributed by atoms with Crippen LogP contribution in [0.5, 0.6) is 0 Å². The normalized spacial score (nSPS) is 17.7. The number of anilines is 1. The van der Waals surface area contributed by atoms with Crippen molar-refractivity contribution < 1.29 is 9.18 Å². The summed E-state index contributed by atoms with van der Waals surface area (Å²) < 4.78 is 14.8. The highest BCUT2D eigenvalue weighted by Crippen LogP contribution is 2.36. The van der Waals surface area contributed by atoms with Crippen molar-refractivity contribution in [3.8, 4) is 0 Å². The molecule has 3 aromatic rings. The van der Waals surface area contributed by atoms with Crippen molar-refractivity contribution in [3.63, 3.8) is 0 Å². The number of thiazole rings is 1. The highest BCUT2D eigenvalue weighted by molar-refractivity contribution is 7.18. The molecule has 1 atom stereocenters. The van der Waals surface area contributed by atoms with Crippen LogP contribution in [0.25, 0.3) is 10.2 Å². The second-order valence-corrected chi connectivity index (χ2v) is 7.55. The van der Waals surface area contributed by atoms with E-state index >= 15 is 0 Å². The molecule has 0 bridgehead atoms. The zero-order valence-electron chi connectivity index (χ0n) is 14.3. The van der Waals surface area contributed by atoms with Gasteiger partial charge in [-0.1, -0.05) is 24.3 Å². The molecule has 0 saturated carbocycles. The zero-order valence-corrected chi connectivity index (χ0v) is 15.1. The number of hydrogen-bond donors (Lipinski definition) is 1. The number of nitrogens with one attached hydrogen (secondary N) is 1. The molecule has 1 saturated heterocycles. The molecule has 6 heteroatoms. The van der Waals surface area contributed by atoms with Crippen molar-refractivity contribution in [2.24, 2.45) is 0 Å². The number of rotatable bonds is 5. The summed E-state index contributed by atoms with van der Waals surface area (Å²) in [7, 11) is 0. The molecule has 1 N–H and O–H groups in total. The lowest BCUT2D eigenvalue weighted by molar-refractivity contribution is -0.116. The van der Waals surface area contributed by atoms with E-state index in [0.29, 0.717) is 13.0 Å². The summed E-state index contributed by atoms with van der Waals surface area (Å²) in [5.74, 6) is -0.570. The van der Waals surface area contributed by atoms with Gasteiger partial charge >= 0.3 is 0 Å². The largest absolute Gasteiger partial charge is 0.324 e. The van der Waals surface area contributed by atoms with E-state index in [1.165, 1.54) is 10.8 Å². The first-order valence-electron chi connectivity index (χ1n) is 8.84. The number of hydrogen-bond acceptors (Lipinski definition) is 4. The van der Waals surface area contributed by atoms with Gasteiger partial charge < -0.3 is 5.32 Å². The first-order chi connectivity index (χ1) is 12.7. The van der Waals surface area contributed by atoms with Gasteiger partial charge in [0.1, 0.15) is 10.8 Å². The molecule has 26 heavy (non-hydrogen) atoms. The Bertz CT molecular complexity index is 893. The second kappa shape index (κ2) is 7.51. The van der Waals surface area contributed by atoms with Crippen LogP contribution >= 0.6 is 11.3 Å². The average molecular weight is 369 g/mol. The van der Waals surface area contributed by atoms with Gasteiger partial charge in [-0.05, 0) is 43.7 Å². The van der Waals surface area contributed by atoms with Crippen LogP contribution in [-0.4, -0.2) is 28.9 Å². The maximum atomic E-state index is 13.6. The number of likely N-dealkylation sites (tertiary alicyclic amines) is 1. The molecular formula is C20H20FN3OS. The number of aromatic nitrogens is 1. The maximum absolute atomic E-state index is 13.6. The van der Waals surface area contributed by atoms with Crippen molar-refractivity contribution in [3.05, 3.63) is 59.4 Å².